The van der Waals surface area contributed by atoms with Crippen LogP contribution in [0.5, 0.6) is 0 Å². The Morgan fingerprint density at radius 2 is 1.89 bits per heavy atom. The van der Waals surface area contributed by atoms with Gasteiger partial charge in [-0.15, -0.1) is 0 Å². The summed E-state index contributed by atoms with van der Waals surface area (Å²) in [5.41, 5.74) is 1.30. The smallest absolute Gasteiger partial charge is 0.190 e. The molecule has 0 N–H and O–H groups in total. The molecule has 0 aliphatic rings. The van der Waals surface area contributed by atoms with Crippen LogP contribution in [0.25, 0.3) is 0 Å². The summed E-state index contributed by atoms with van der Waals surface area (Å²) in [5.74, 6) is 3.03. The Hall–Kier alpha value is -0.950. The average Bonchev–Trinajstić information content (AvgIpc) is 2.65. The lowest BCUT2D eigenvalue weighted by atomic mass is 9.93. The van der Waals surface area contributed by atoms with Crippen LogP contribution in [0.15, 0.2) is 6.20 Å². The van der Waals surface area contributed by atoms with E-state index in [4.69, 9.17) is 0 Å². The van der Waals surface area contributed by atoms with Crippen molar-refractivity contribution in [1.29, 1.82) is 5.26 Å². The molecule has 0 saturated heterocycles. The van der Waals surface area contributed by atoms with Crippen LogP contribution in [-0.4, -0.2) is 21.1 Å². The quantitative estimate of drug-likeness (QED) is 0.787. The van der Waals surface area contributed by atoms with Crippen molar-refractivity contribution in [3.05, 3.63) is 17.7 Å². The molecule has 0 spiro atoms. The van der Waals surface area contributed by atoms with Crippen molar-refractivity contribution >= 4 is 11.8 Å². The first-order chi connectivity index (χ1) is 8.65. The van der Waals surface area contributed by atoms with Crippen molar-refractivity contribution in [3.63, 3.8) is 0 Å². The number of nitriles is 1. The van der Waals surface area contributed by atoms with E-state index in [9.17, 15) is 5.26 Å². The third kappa shape index (κ3) is 4.91. The molecule has 0 bridgehead atoms. The summed E-state index contributed by atoms with van der Waals surface area (Å²) in [6.45, 7) is 13.1. The molecule has 3 nitrogen and oxygen atoms in total. The summed E-state index contributed by atoms with van der Waals surface area (Å²) in [6.07, 6.45) is 4.94. The Labute approximate surface area is 121 Å². The maximum absolute atomic E-state index is 9.30. The second-order valence-electron chi connectivity index (χ2n) is 7.11. The molecule has 1 aromatic heterocycles. The zero-order valence-corrected chi connectivity index (χ0v) is 13.8. The summed E-state index contributed by atoms with van der Waals surface area (Å²) >= 11 is 1.93. The lowest BCUT2D eigenvalue weighted by molar-refractivity contribution is 0.480. The Bertz CT molecular complexity index is 455. The highest BCUT2D eigenvalue weighted by molar-refractivity contribution is 7.99. The van der Waals surface area contributed by atoms with E-state index in [1.807, 2.05) is 18.0 Å². The van der Waals surface area contributed by atoms with Gasteiger partial charge in [0.2, 0.25) is 0 Å². The van der Waals surface area contributed by atoms with Crippen LogP contribution >= 0.6 is 11.8 Å². The molecule has 0 aromatic carbocycles. The van der Waals surface area contributed by atoms with Crippen LogP contribution in [0.3, 0.4) is 0 Å². The van der Waals surface area contributed by atoms with E-state index in [1.54, 1.807) is 4.57 Å². The number of hydrogen-bond acceptors (Lipinski definition) is 3. The molecular formula is C15H25N3S. The van der Waals surface area contributed by atoms with Gasteiger partial charge in [-0.25, -0.2) is 9.55 Å². The first kappa shape index (κ1) is 16.1. The minimum absolute atomic E-state index is 0.0421. The van der Waals surface area contributed by atoms with Crippen LogP contribution in [0, 0.1) is 16.9 Å². The highest BCUT2D eigenvalue weighted by atomic mass is 32.2. The van der Waals surface area contributed by atoms with Crippen molar-refractivity contribution in [2.75, 3.05) is 11.5 Å². The minimum Gasteiger partial charge on any atom is -0.240 e. The fraction of sp³-hybridized carbons (Fsp3) is 0.733. The van der Waals surface area contributed by atoms with Gasteiger partial charge in [-0.2, -0.15) is 17.0 Å². The number of imidazole rings is 1. The van der Waals surface area contributed by atoms with E-state index in [0.717, 1.165) is 29.4 Å². The molecule has 0 atom stereocenters. The summed E-state index contributed by atoms with van der Waals surface area (Å²) in [4.78, 5) is 4.41. The number of thioether (sulfide) groups is 1. The Kier molecular flexibility index (Phi) is 5.09. The molecule has 106 valence electrons. The third-order valence-corrected chi connectivity index (χ3v) is 4.27. The van der Waals surface area contributed by atoms with E-state index >= 15 is 0 Å². The third-order valence-electron chi connectivity index (χ3n) is 2.71. The Morgan fingerprint density at radius 1 is 1.26 bits per heavy atom. The number of rotatable bonds is 4. The Morgan fingerprint density at radius 3 is 2.37 bits per heavy atom. The van der Waals surface area contributed by atoms with Crippen molar-refractivity contribution in [2.45, 2.75) is 53.4 Å². The molecule has 1 aromatic rings. The van der Waals surface area contributed by atoms with E-state index in [1.165, 1.54) is 0 Å². The fourth-order valence-corrected chi connectivity index (χ4v) is 2.83. The monoisotopic (exact) mass is 279 g/mol. The molecule has 19 heavy (non-hydrogen) atoms. The lowest BCUT2D eigenvalue weighted by Gasteiger charge is -2.18. The van der Waals surface area contributed by atoms with E-state index in [0.29, 0.717) is 5.41 Å². The van der Waals surface area contributed by atoms with Gasteiger partial charge in [-0.1, -0.05) is 41.5 Å². The van der Waals surface area contributed by atoms with E-state index in [2.05, 4.69) is 52.7 Å². The second-order valence-corrected chi connectivity index (χ2v) is 8.21. The molecule has 0 aliphatic heterocycles. The molecule has 0 unspecified atom stereocenters. The largest absolute Gasteiger partial charge is 0.240 e. The molecule has 0 saturated carbocycles. The van der Waals surface area contributed by atoms with Crippen LogP contribution in [0.2, 0.25) is 0 Å². The summed E-state index contributed by atoms with van der Waals surface area (Å²) in [7, 11) is 0. The predicted molar refractivity (Wildman–Crippen MR) is 82.4 cm³/mol. The molecule has 1 rings (SSSR count). The number of aromatic nitrogens is 2. The summed E-state index contributed by atoms with van der Waals surface area (Å²) < 4.78 is 1.69. The van der Waals surface area contributed by atoms with Gasteiger partial charge in [-0.05, 0) is 11.2 Å². The summed E-state index contributed by atoms with van der Waals surface area (Å²) in [5, 5.41) is 9.30. The van der Waals surface area contributed by atoms with Gasteiger partial charge in [0.15, 0.2) is 6.19 Å². The topological polar surface area (TPSA) is 41.6 Å². The van der Waals surface area contributed by atoms with Gasteiger partial charge < -0.3 is 0 Å². The standard InChI is InChI=1S/C15H25N3S/c1-14(2,3)10-19-8-7-13-17-9-12(15(4,5)6)18(13)11-16/h9H,7-8,10H2,1-6H3. The zero-order valence-electron chi connectivity index (χ0n) is 12.9. The van der Waals surface area contributed by atoms with Crippen molar-refractivity contribution in [1.82, 2.24) is 9.55 Å². The SMILES string of the molecule is CC(C)(C)CSCCc1ncc(C(C)(C)C)n1C#N. The molecule has 0 aliphatic carbocycles. The van der Waals surface area contributed by atoms with Gasteiger partial charge in [0.1, 0.15) is 5.82 Å². The highest BCUT2D eigenvalue weighted by Gasteiger charge is 2.21. The fourth-order valence-electron chi connectivity index (χ4n) is 1.75. The van der Waals surface area contributed by atoms with E-state index < -0.39 is 0 Å². The lowest BCUT2D eigenvalue weighted by Crippen LogP contribution is -2.17. The van der Waals surface area contributed by atoms with Crippen LogP contribution in [0.4, 0.5) is 0 Å². The highest BCUT2D eigenvalue weighted by Crippen LogP contribution is 2.24. The molecule has 0 radical (unpaired) electrons. The van der Waals surface area contributed by atoms with Gasteiger partial charge in [0.05, 0.1) is 11.9 Å². The van der Waals surface area contributed by atoms with Crippen molar-refractivity contribution < 1.29 is 0 Å². The molecule has 0 amide bonds. The Balaban J connectivity index is 2.66. The zero-order chi connectivity index (χ0) is 14.7. The summed E-state index contributed by atoms with van der Waals surface area (Å²) in [6, 6.07) is 0. The molecular weight excluding hydrogens is 254 g/mol. The van der Waals surface area contributed by atoms with Gasteiger partial charge in [-0.3, -0.25) is 0 Å². The normalized spacial score (nSPS) is 12.5. The maximum Gasteiger partial charge on any atom is 0.190 e. The van der Waals surface area contributed by atoms with Gasteiger partial charge in [0.25, 0.3) is 0 Å². The maximum atomic E-state index is 9.30. The molecule has 0 fully saturated rings. The number of hydrogen-bond donors (Lipinski definition) is 0. The van der Waals surface area contributed by atoms with E-state index in [-0.39, 0.29) is 5.41 Å². The van der Waals surface area contributed by atoms with Crippen LogP contribution in [0.1, 0.15) is 53.1 Å². The van der Waals surface area contributed by atoms with Gasteiger partial charge >= 0.3 is 0 Å². The second kappa shape index (κ2) is 6.00. The van der Waals surface area contributed by atoms with Gasteiger partial charge in [0, 0.05) is 17.6 Å². The van der Waals surface area contributed by atoms with Crippen LogP contribution < -0.4 is 0 Å². The molecule has 1 heterocycles. The van der Waals surface area contributed by atoms with Crippen LogP contribution in [-0.2, 0) is 11.8 Å². The predicted octanol–water partition coefficient (Wildman–Crippen LogP) is 3.83. The molecule has 4 heteroatoms. The van der Waals surface area contributed by atoms with Crippen molar-refractivity contribution in [3.8, 4) is 6.19 Å². The average molecular weight is 279 g/mol. The minimum atomic E-state index is -0.0421. The van der Waals surface area contributed by atoms with Crippen molar-refractivity contribution in [2.24, 2.45) is 5.41 Å². The number of nitrogens with zero attached hydrogens (tertiary/aromatic N) is 3. The first-order valence-corrected chi connectivity index (χ1v) is 7.85. The first-order valence-electron chi connectivity index (χ1n) is 6.70. The number of aryl methyl sites for hydroxylation is 1.